The fraction of sp³-hybridized carbons (Fsp3) is 0.474. The zero-order valence-electron chi connectivity index (χ0n) is 16.1. The smallest absolute Gasteiger partial charge is 0.341 e. The lowest BCUT2D eigenvalue weighted by Gasteiger charge is -2.35. The Morgan fingerprint density at radius 1 is 1.32 bits per heavy atom. The van der Waals surface area contributed by atoms with Gasteiger partial charge in [-0.2, -0.15) is 0 Å². The molecular weight excluding hydrogens is 382 g/mol. The summed E-state index contributed by atoms with van der Waals surface area (Å²) in [6.45, 7) is 6.32. The molecule has 0 aromatic carbocycles. The Balaban J connectivity index is 1.57. The Bertz CT molecular complexity index is 830. The van der Waals surface area contributed by atoms with Crippen LogP contribution in [0.15, 0.2) is 33.9 Å². The average Bonchev–Trinajstić information content (AvgIpc) is 3.09. The summed E-state index contributed by atoms with van der Waals surface area (Å²) in [4.78, 5) is 30.8. The monoisotopic (exact) mass is 405 g/mol. The van der Waals surface area contributed by atoms with Crippen molar-refractivity contribution in [2.75, 3.05) is 19.7 Å². The van der Waals surface area contributed by atoms with Crippen LogP contribution in [-0.4, -0.2) is 58.8 Å². The fourth-order valence-electron chi connectivity index (χ4n) is 2.97. The summed E-state index contributed by atoms with van der Waals surface area (Å²) in [5, 5.41) is 4.45. The number of hydrogen-bond acceptors (Lipinski definition) is 8. The Hall–Kier alpha value is -2.39. The van der Waals surface area contributed by atoms with E-state index in [2.05, 4.69) is 10.1 Å². The van der Waals surface area contributed by atoms with Gasteiger partial charge in [0.15, 0.2) is 6.61 Å². The second kappa shape index (κ2) is 9.20. The van der Waals surface area contributed by atoms with Crippen LogP contribution in [0, 0.1) is 6.92 Å². The summed E-state index contributed by atoms with van der Waals surface area (Å²) in [7, 11) is 0. The number of morpholine rings is 1. The zero-order chi connectivity index (χ0) is 20.1. The van der Waals surface area contributed by atoms with Gasteiger partial charge < -0.3 is 18.9 Å². The van der Waals surface area contributed by atoms with E-state index >= 15 is 0 Å². The summed E-state index contributed by atoms with van der Waals surface area (Å²) in [5.74, 6) is 0.430. The van der Waals surface area contributed by atoms with Crippen LogP contribution in [0.3, 0.4) is 0 Å². The SMILES string of the molecule is Cc1cc(CSc2ncccc2C(=O)OCC(=O)N2C[C@@H](C)O[C@@H](C)C2)no1. The molecule has 0 radical (unpaired) electrons. The molecule has 9 heteroatoms. The van der Waals surface area contributed by atoms with Crippen molar-refractivity contribution in [2.45, 2.75) is 43.8 Å². The molecule has 1 saturated heterocycles. The first-order valence-corrected chi connectivity index (χ1v) is 10.0. The molecule has 2 aromatic rings. The molecule has 0 saturated carbocycles. The van der Waals surface area contributed by atoms with E-state index in [4.69, 9.17) is 14.0 Å². The molecule has 1 aliphatic heterocycles. The molecule has 0 aliphatic carbocycles. The number of esters is 1. The third-order valence-corrected chi connectivity index (χ3v) is 5.16. The van der Waals surface area contributed by atoms with Crippen LogP contribution in [-0.2, 0) is 20.0 Å². The zero-order valence-corrected chi connectivity index (χ0v) is 16.9. The number of aromatic nitrogens is 2. The molecule has 1 aliphatic rings. The Morgan fingerprint density at radius 2 is 2.07 bits per heavy atom. The topological polar surface area (TPSA) is 94.8 Å². The van der Waals surface area contributed by atoms with E-state index in [-0.39, 0.29) is 24.7 Å². The molecular formula is C19H23N3O5S. The van der Waals surface area contributed by atoms with Crippen LogP contribution in [0.1, 0.15) is 35.7 Å². The standard InChI is InChI=1S/C19H23N3O5S/c1-12-7-15(21-27-12)11-28-18-16(5-4-6-20-18)19(24)25-10-17(23)22-8-13(2)26-14(3)9-22/h4-7,13-14H,8-11H2,1-3H3/t13-,14+. The first kappa shape index (κ1) is 20.3. The van der Waals surface area contributed by atoms with E-state index in [1.165, 1.54) is 11.8 Å². The predicted molar refractivity (Wildman–Crippen MR) is 102 cm³/mol. The van der Waals surface area contributed by atoms with Gasteiger partial charge in [-0.1, -0.05) is 16.9 Å². The molecule has 0 spiro atoms. The van der Waals surface area contributed by atoms with Gasteiger partial charge in [0.25, 0.3) is 5.91 Å². The quantitative estimate of drug-likeness (QED) is 0.534. The minimum atomic E-state index is -0.574. The molecule has 0 unspecified atom stereocenters. The summed E-state index contributed by atoms with van der Waals surface area (Å²) in [5.41, 5.74) is 1.09. The second-order valence-electron chi connectivity index (χ2n) is 6.71. The lowest BCUT2D eigenvalue weighted by atomic mass is 10.2. The number of amides is 1. The molecule has 8 nitrogen and oxygen atoms in total. The van der Waals surface area contributed by atoms with Gasteiger partial charge in [-0.15, -0.1) is 0 Å². The van der Waals surface area contributed by atoms with Crippen LogP contribution < -0.4 is 0 Å². The maximum absolute atomic E-state index is 12.5. The van der Waals surface area contributed by atoms with Crippen molar-refractivity contribution in [3.8, 4) is 0 Å². The van der Waals surface area contributed by atoms with Crippen LogP contribution >= 0.6 is 11.8 Å². The number of aryl methyl sites for hydroxylation is 1. The fourth-order valence-corrected chi connectivity index (χ4v) is 3.83. The number of ether oxygens (including phenoxy) is 2. The van der Waals surface area contributed by atoms with Gasteiger partial charge in [0.2, 0.25) is 0 Å². The number of pyridine rings is 1. The van der Waals surface area contributed by atoms with Gasteiger partial charge in [0.05, 0.1) is 23.5 Å². The van der Waals surface area contributed by atoms with Crippen LogP contribution in [0.4, 0.5) is 0 Å². The molecule has 3 heterocycles. The summed E-state index contributed by atoms with van der Waals surface area (Å²) >= 11 is 1.36. The minimum absolute atomic E-state index is 0.0371. The number of carbonyl (C=O) groups excluding carboxylic acids is 2. The van der Waals surface area contributed by atoms with Crippen molar-refractivity contribution in [3.05, 3.63) is 41.4 Å². The highest BCUT2D eigenvalue weighted by Gasteiger charge is 2.27. The van der Waals surface area contributed by atoms with Crippen LogP contribution in [0.5, 0.6) is 0 Å². The van der Waals surface area contributed by atoms with E-state index in [0.717, 1.165) is 11.5 Å². The maximum atomic E-state index is 12.5. The van der Waals surface area contributed by atoms with Gasteiger partial charge >= 0.3 is 5.97 Å². The molecule has 1 amide bonds. The number of hydrogen-bond donors (Lipinski definition) is 0. The highest BCUT2D eigenvalue weighted by Crippen LogP contribution is 2.24. The number of nitrogens with zero attached hydrogens (tertiary/aromatic N) is 3. The first-order valence-electron chi connectivity index (χ1n) is 9.02. The molecule has 28 heavy (non-hydrogen) atoms. The van der Waals surface area contributed by atoms with Crippen molar-refractivity contribution < 1.29 is 23.6 Å². The largest absolute Gasteiger partial charge is 0.452 e. The molecule has 2 aromatic heterocycles. The van der Waals surface area contributed by atoms with Gasteiger partial charge in [-0.25, -0.2) is 9.78 Å². The molecule has 3 rings (SSSR count). The number of thioether (sulfide) groups is 1. The van der Waals surface area contributed by atoms with Crippen molar-refractivity contribution in [2.24, 2.45) is 0 Å². The minimum Gasteiger partial charge on any atom is -0.452 e. The lowest BCUT2D eigenvalue weighted by molar-refractivity contribution is -0.146. The molecule has 0 N–H and O–H groups in total. The average molecular weight is 405 g/mol. The van der Waals surface area contributed by atoms with Gasteiger partial charge in [0, 0.05) is 31.1 Å². The van der Waals surface area contributed by atoms with Crippen molar-refractivity contribution in [1.82, 2.24) is 15.0 Å². The lowest BCUT2D eigenvalue weighted by Crippen LogP contribution is -2.49. The van der Waals surface area contributed by atoms with Crippen LogP contribution in [0.2, 0.25) is 0 Å². The van der Waals surface area contributed by atoms with Crippen LogP contribution in [0.25, 0.3) is 0 Å². The van der Waals surface area contributed by atoms with E-state index in [9.17, 15) is 9.59 Å². The highest BCUT2D eigenvalue weighted by molar-refractivity contribution is 7.98. The first-order chi connectivity index (χ1) is 13.4. The van der Waals surface area contributed by atoms with E-state index < -0.39 is 5.97 Å². The highest BCUT2D eigenvalue weighted by atomic mass is 32.2. The summed E-state index contributed by atoms with van der Waals surface area (Å²) < 4.78 is 15.9. The van der Waals surface area contributed by atoms with E-state index in [0.29, 0.717) is 29.4 Å². The van der Waals surface area contributed by atoms with Gasteiger partial charge in [-0.3, -0.25) is 4.79 Å². The normalized spacial score (nSPS) is 19.5. The summed E-state index contributed by atoms with van der Waals surface area (Å²) in [6.07, 6.45) is 1.53. The van der Waals surface area contributed by atoms with Gasteiger partial charge in [-0.05, 0) is 32.9 Å². The molecule has 0 bridgehead atoms. The second-order valence-corrected chi connectivity index (χ2v) is 7.67. The van der Waals surface area contributed by atoms with Crippen molar-refractivity contribution >= 4 is 23.6 Å². The third-order valence-electron chi connectivity index (χ3n) is 4.12. The number of rotatable bonds is 6. The van der Waals surface area contributed by atoms with Crippen molar-refractivity contribution in [1.29, 1.82) is 0 Å². The van der Waals surface area contributed by atoms with Crippen molar-refractivity contribution in [3.63, 3.8) is 0 Å². The van der Waals surface area contributed by atoms with Gasteiger partial charge in [0.1, 0.15) is 10.8 Å². The van der Waals surface area contributed by atoms with E-state index in [1.54, 1.807) is 23.2 Å². The molecule has 2 atom stereocenters. The molecule has 150 valence electrons. The maximum Gasteiger partial charge on any atom is 0.341 e. The Morgan fingerprint density at radius 3 is 2.75 bits per heavy atom. The third kappa shape index (κ3) is 5.32. The summed E-state index contributed by atoms with van der Waals surface area (Å²) in [6, 6.07) is 5.13. The Kier molecular flexibility index (Phi) is 6.69. The number of carbonyl (C=O) groups is 2. The van der Waals surface area contributed by atoms with E-state index in [1.807, 2.05) is 26.8 Å². The molecule has 1 fully saturated rings. The predicted octanol–water partition coefficient (Wildman–Crippen LogP) is 2.46. The Labute approximate surface area is 167 Å².